The maximum atomic E-state index is 13.8. The first-order chi connectivity index (χ1) is 15.5. The molecule has 8 heteroatoms. The lowest BCUT2D eigenvalue weighted by Crippen LogP contribution is -2.39. The van der Waals surface area contributed by atoms with Crippen molar-refractivity contribution in [2.75, 3.05) is 20.2 Å². The topological polar surface area (TPSA) is 72.9 Å². The van der Waals surface area contributed by atoms with Crippen LogP contribution in [0.3, 0.4) is 0 Å². The number of hydrogen-bond donors (Lipinski definition) is 0. The monoisotopic (exact) mass is 434 g/mol. The molecule has 1 fully saturated rings. The minimum atomic E-state index is -0.333. The van der Waals surface area contributed by atoms with Gasteiger partial charge in [-0.3, -0.25) is 4.79 Å². The van der Waals surface area contributed by atoms with Crippen LogP contribution in [-0.4, -0.2) is 45.6 Å². The number of pyridine rings is 1. The number of carbonyl (C=O) groups excluding carboxylic acids is 1. The summed E-state index contributed by atoms with van der Waals surface area (Å²) in [4.78, 5) is 19.4. The quantitative estimate of drug-likeness (QED) is 0.474. The average Bonchev–Trinajstić information content (AvgIpc) is 3.44. The fraction of sp³-hybridized carbons (Fsp3) is 0.292. The molecule has 1 saturated heterocycles. The van der Waals surface area contributed by atoms with Gasteiger partial charge < -0.3 is 14.1 Å². The summed E-state index contributed by atoms with van der Waals surface area (Å²) >= 11 is 0. The Hall–Kier alpha value is -3.68. The van der Waals surface area contributed by atoms with Crippen LogP contribution < -0.4 is 4.74 Å². The van der Waals surface area contributed by atoms with Crippen molar-refractivity contribution in [1.29, 1.82) is 0 Å². The Labute approximate surface area is 184 Å². The molecule has 0 N–H and O–H groups in total. The molecule has 3 aromatic heterocycles. The van der Waals surface area contributed by atoms with Gasteiger partial charge >= 0.3 is 0 Å². The minimum absolute atomic E-state index is 0.0230. The molecule has 1 aliphatic rings. The van der Waals surface area contributed by atoms with E-state index >= 15 is 0 Å². The van der Waals surface area contributed by atoms with E-state index in [1.807, 2.05) is 23.2 Å². The normalized spacial score (nSPS) is 16.5. The van der Waals surface area contributed by atoms with E-state index in [1.54, 1.807) is 36.9 Å². The van der Waals surface area contributed by atoms with E-state index in [0.717, 1.165) is 18.4 Å². The van der Waals surface area contributed by atoms with Gasteiger partial charge in [-0.15, -0.1) is 0 Å². The van der Waals surface area contributed by atoms with Crippen molar-refractivity contribution in [3.05, 3.63) is 71.8 Å². The van der Waals surface area contributed by atoms with E-state index in [4.69, 9.17) is 14.1 Å². The second-order valence-electron chi connectivity index (χ2n) is 8.02. The Morgan fingerprint density at radius 3 is 2.91 bits per heavy atom. The van der Waals surface area contributed by atoms with Crippen molar-refractivity contribution in [1.82, 2.24) is 19.5 Å². The number of amides is 1. The number of carbonyl (C=O) groups is 1. The van der Waals surface area contributed by atoms with E-state index < -0.39 is 0 Å². The molecule has 1 aliphatic heterocycles. The first-order valence-corrected chi connectivity index (χ1v) is 10.6. The Balaban J connectivity index is 1.42. The fourth-order valence-electron chi connectivity index (χ4n) is 4.29. The lowest BCUT2D eigenvalue weighted by Gasteiger charge is -2.31. The smallest absolute Gasteiger partial charge is 0.257 e. The molecule has 7 nitrogen and oxygen atoms in total. The predicted molar refractivity (Wildman–Crippen MR) is 116 cm³/mol. The van der Waals surface area contributed by atoms with Crippen molar-refractivity contribution in [2.45, 2.75) is 25.7 Å². The van der Waals surface area contributed by atoms with Gasteiger partial charge in [-0.1, -0.05) is 0 Å². The summed E-state index contributed by atoms with van der Waals surface area (Å²) in [6, 6.07) is 9.87. The number of nitrogens with zero attached hydrogens (tertiary/aromatic N) is 4. The Bertz CT molecular complexity index is 1300. The van der Waals surface area contributed by atoms with Crippen molar-refractivity contribution in [3.63, 3.8) is 0 Å². The number of benzene rings is 1. The lowest BCUT2D eigenvalue weighted by molar-refractivity contribution is 0.0703. The Morgan fingerprint density at radius 2 is 2.12 bits per heavy atom. The summed E-state index contributed by atoms with van der Waals surface area (Å²) in [5.41, 5.74) is 2.73. The van der Waals surface area contributed by atoms with Crippen LogP contribution in [0.4, 0.5) is 4.39 Å². The number of ether oxygens (including phenoxy) is 1. The third kappa shape index (κ3) is 3.62. The van der Waals surface area contributed by atoms with Crippen LogP contribution in [0.1, 0.15) is 40.7 Å². The molecule has 0 aliphatic carbocycles. The zero-order chi connectivity index (χ0) is 22.2. The first-order valence-electron chi connectivity index (χ1n) is 10.6. The van der Waals surface area contributed by atoms with Crippen LogP contribution in [-0.2, 0) is 0 Å². The Morgan fingerprint density at radius 1 is 1.25 bits per heavy atom. The van der Waals surface area contributed by atoms with Crippen LogP contribution in [0.5, 0.6) is 5.75 Å². The maximum absolute atomic E-state index is 13.8. The highest BCUT2D eigenvalue weighted by Gasteiger charge is 2.29. The molecule has 0 spiro atoms. The third-order valence-electron chi connectivity index (χ3n) is 5.98. The molecule has 164 valence electrons. The molecule has 32 heavy (non-hydrogen) atoms. The highest BCUT2D eigenvalue weighted by molar-refractivity contribution is 5.95. The second-order valence-corrected chi connectivity index (χ2v) is 8.02. The zero-order valence-electron chi connectivity index (χ0n) is 17.9. The predicted octanol–water partition coefficient (Wildman–Crippen LogP) is 4.47. The van der Waals surface area contributed by atoms with E-state index in [-0.39, 0.29) is 17.6 Å². The molecule has 1 atom stereocenters. The molecular formula is C24H23FN4O3. The number of piperidine rings is 1. The molecular weight excluding hydrogens is 411 g/mol. The third-order valence-corrected chi connectivity index (χ3v) is 5.98. The molecule has 0 saturated carbocycles. The number of halogens is 1. The van der Waals surface area contributed by atoms with E-state index in [1.165, 1.54) is 12.1 Å². The molecule has 5 rings (SSSR count). The average molecular weight is 434 g/mol. The molecule has 0 radical (unpaired) electrons. The molecule has 4 heterocycles. The van der Waals surface area contributed by atoms with Crippen molar-refractivity contribution in [3.8, 4) is 16.9 Å². The number of methoxy groups -OCH3 is 1. The standard InChI is InChI=1S/C24H23FN4O3/c1-15-19(9-11-32-15)24(30)28-10-3-4-17(13-28)23-26-22-8-5-16(14-29(22)27-23)20-12-18(25)6-7-21(20)31-2/h5-9,11-12,14,17H,3-4,10,13H2,1-2H3. The summed E-state index contributed by atoms with van der Waals surface area (Å²) in [5.74, 6) is 1.61. The van der Waals surface area contributed by atoms with Gasteiger partial charge in [0.15, 0.2) is 11.5 Å². The van der Waals surface area contributed by atoms with Crippen LogP contribution in [0.25, 0.3) is 16.8 Å². The number of hydrogen-bond acceptors (Lipinski definition) is 5. The maximum Gasteiger partial charge on any atom is 0.257 e. The van der Waals surface area contributed by atoms with Gasteiger partial charge in [-0.2, -0.15) is 5.10 Å². The number of furan rings is 1. The summed E-state index contributed by atoms with van der Waals surface area (Å²) in [6.07, 6.45) is 5.16. The van der Waals surface area contributed by atoms with E-state index in [0.29, 0.717) is 47.2 Å². The van der Waals surface area contributed by atoms with Gasteiger partial charge in [0.25, 0.3) is 5.91 Å². The van der Waals surface area contributed by atoms with Gasteiger partial charge in [-0.05, 0) is 56.2 Å². The molecule has 1 unspecified atom stereocenters. The summed E-state index contributed by atoms with van der Waals surface area (Å²) in [5, 5.41) is 4.69. The summed E-state index contributed by atoms with van der Waals surface area (Å²) in [7, 11) is 1.56. The van der Waals surface area contributed by atoms with Gasteiger partial charge in [0.2, 0.25) is 0 Å². The number of aromatic nitrogens is 3. The number of likely N-dealkylation sites (tertiary alicyclic amines) is 1. The first kappa shape index (κ1) is 20.2. The molecule has 4 aromatic rings. The SMILES string of the molecule is COc1ccc(F)cc1-c1ccc2nc(C3CCCN(C(=O)c4ccoc4C)C3)nn2c1. The Kier molecular flexibility index (Phi) is 5.13. The van der Waals surface area contributed by atoms with Gasteiger partial charge in [0, 0.05) is 36.3 Å². The second kappa shape index (κ2) is 8.11. The van der Waals surface area contributed by atoms with Gasteiger partial charge in [0.1, 0.15) is 17.3 Å². The van der Waals surface area contributed by atoms with Gasteiger partial charge in [0.05, 0.1) is 18.9 Å². The highest BCUT2D eigenvalue weighted by atomic mass is 19.1. The number of aryl methyl sites for hydroxylation is 1. The summed E-state index contributed by atoms with van der Waals surface area (Å²) < 4.78 is 26.2. The summed E-state index contributed by atoms with van der Waals surface area (Å²) in [6.45, 7) is 3.06. The molecule has 1 amide bonds. The van der Waals surface area contributed by atoms with E-state index in [2.05, 4.69) is 5.10 Å². The molecule has 0 bridgehead atoms. The van der Waals surface area contributed by atoms with Crippen LogP contribution in [0, 0.1) is 12.7 Å². The van der Waals surface area contributed by atoms with Crippen LogP contribution in [0.2, 0.25) is 0 Å². The van der Waals surface area contributed by atoms with Crippen LogP contribution in [0.15, 0.2) is 53.3 Å². The fourth-order valence-corrected chi connectivity index (χ4v) is 4.29. The van der Waals surface area contributed by atoms with Crippen LogP contribution >= 0.6 is 0 Å². The lowest BCUT2D eigenvalue weighted by atomic mass is 9.97. The van der Waals surface area contributed by atoms with Crippen molar-refractivity contribution < 1.29 is 18.3 Å². The number of fused-ring (bicyclic) bond motifs is 1. The minimum Gasteiger partial charge on any atom is -0.496 e. The largest absolute Gasteiger partial charge is 0.496 e. The van der Waals surface area contributed by atoms with E-state index in [9.17, 15) is 9.18 Å². The van der Waals surface area contributed by atoms with Crippen molar-refractivity contribution >= 4 is 11.6 Å². The molecule has 1 aromatic carbocycles. The van der Waals surface area contributed by atoms with Gasteiger partial charge in [-0.25, -0.2) is 13.9 Å². The highest BCUT2D eigenvalue weighted by Crippen LogP contribution is 2.31. The zero-order valence-corrected chi connectivity index (χ0v) is 17.9. The van der Waals surface area contributed by atoms with Crippen molar-refractivity contribution in [2.24, 2.45) is 0 Å². The number of rotatable bonds is 4.